The molecule has 23 heavy (non-hydrogen) atoms. The van der Waals surface area contributed by atoms with Gasteiger partial charge in [0.1, 0.15) is 7.05 Å². The molecule has 1 aromatic carbocycles. The van der Waals surface area contributed by atoms with Crippen LogP contribution in [0.25, 0.3) is 24.3 Å². The molecule has 0 amide bonds. The minimum absolute atomic E-state index is 0.966. The zero-order chi connectivity index (χ0) is 15.9. The van der Waals surface area contributed by atoms with Crippen LogP contribution in [-0.4, -0.2) is 4.98 Å². The lowest BCUT2D eigenvalue weighted by molar-refractivity contribution is -0.671. The van der Waals surface area contributed by atoms with Crippen molar-refractivity contribution < 1.29 is 4.57 Å². The predicted octanol–water partition coefficient (Wildman–Crippen LogP) is 4.25. The van der Waals surface area contributed by atoms with Crippen molar-refractivity contribution >= 4 is 24.3 Å². The maximum Gasteiger partial charge on any atom is 0.169 e. The van der Waals surface area contributed by atoms with Crippen LogP contribution >= 0.6 is 0 Å². The number of benzene rings is 1. The maximum absolute atomic E-state index is 4.28. The molecule has 0 aliphatic rings. The van der Waals surface area contributed by atoms with Gasteiger partial charge in [0.15, 0.2) is 12.4 Å². The number of nitrogens with zero attached hydrogens (tertiary/aromatic N) is 2. The Bertz CT molecular complexity index is 799. The van der Waals surface area contributed by atoms with Crippen molar-refractivity contribution in [3.05, 3.63) is 95.6 Å². The normalized spacial score (nSPS) is 11.3. The molecule has 0 bridgehead atoms. The Morgan fingerprint density at radius 3 is 1.83 bits per heavy atom. The van der Waals surface area contributed by atoms with E-state index in [2.05, 4.69) is 59.6 Å². The molecule has 112 valence electrons. The molecule has 0 radical (unpaired) electrons. The fraction of sp³-hybridized carbons (Fsp3) is 0.0476. The third-order valence-corrected chi connectivity index (χ3v) is 3.54. The lowest BCUT2D eigenvalue weighted by atomic mass is 10.1. The molecule has 0 atom stereocenters. The van der Waals surface area contributed by atoms with Crippen LogP contribution in [0.4, 0.5) is 0 Å². The van der Waals surface area contributed by atoms with Crippen LogP contribution in [0.15, 0.2) is 73.2 Å². The number of aromatic nitrogens is 2. The first-order valence-electron chi connectivity index (χ1n) is 7.62. The van der Waals surface area contributed by atoms with Gasteiger partial charge < -0.3 is 0 Å². The largest absolute Gasteiger partial charge is 0.257 e. The summed E-state index contributed by atoms with van der Waals surface area (Å²) >= 11 is 0. The minimum Gasteiger partial charge on any atom is -0.257 e. The van der Waals surface area contributed by atoms with Crippen molar-refractivity contribution in [2.24, 2.45) is 7.05 Å². The van der Waals surface area contributed by atoms with Crippen molar-refractivity contribution in [3.63, 3.8) is 0 Å². The van der Waals surface area contributed by atoms with Gasteiger partial charge in [-0.1, -0.05) is 48.6 Å². The summed E-state index contributed by atoms with van der Waals surface area (Å²) in [7, 11) is 2.02. The molecule has 0 saturated heterocycles. The average Bonchev–Trinajstić information content (AvgIpc) is 2.61. The van der Waals surface area contributed by atoms with Crippen molar-refractivity contribution in [1.29, 1.82) is 0 Å². The molecular formula is C21H19N2+. The Balaban J connectivity index is 1.67. The van der Waals surface area contributed by atoms with E-state index in [4.69, 9.17) is 0 Å². The third kappa shape index (κ3) is 4.48. The van der Waals surface area contributed by atoms with Gasteiger partial charge in [-0.15, -0.1) is 0 Å². The lowest BCUT2D eigenvalue weighted by Crippen LogP contribution is -2.25. The fourth-order valence-corrected chi connectivity index (χ4v) is 2.19. The zero-order valence-corrected chi connectivity index (χ0v) is 13.1. The van der Waals surface area contributed by atoms with E-state index < -0.39 is 0 Å². The number of aryl methyl sites for hydroxylation is 1. The standard InChI is InChI=1S/C21H19N2/c1-23-16-13-20(14-17-23)10-9-18-5-7-19(8-6-18)11-12-21-4-2-3-15-22-21/h2-17H,1H3/q+1/b10-9+,12-11+. The van der Waals surface area contributed by atoms with E-state index in [1.165, 1.54) is 16.7 Å². The van der Waals surface area contributed by atoms with E-state index in [-0.39, 0.29) is 0 Å². The molecule has 0 N–H and O–H groups in total. The quantitative estimate of drug-likeness (QED) is 0.658. The molecule has 2 aromatic heterocycles. The van der Waals surface area contributed by atoms with Gasteiger partial charge in [0.05, 0.1) is 5.69 Å². The number of rotatable bonds is 4. The smallest absolute Gasteiger partial charge is 0.169 e. The fourth-order valence-electron chi connectivity index (χ4n) is 2.19. The van der Waals surface area contributed by atoms with Gasteiger partial charge >= 0.3 is 0 Å². The highest BCUT2D eigenvalue weighted by molar-refractivity contribution is 5.72. The molecule has 3 rings (SSSR count). The van der Waals surface area contributed by atoms with E-state index in [0.29, 0.717) is 0 Å². The summed E-state index contributed by atoms with van der Waals surface area (Å²) in [5.41, 5.74) is 4.52. The van der Waals surface area contributed by atoms with Crippen LogP contribution in [-0.2, 0) is 7.05 Å². The second-order valence-corrected chi connectivity index (χ2v) is 5.38. The Kier molecular flexibility index (Phi) is 4.75. The maximum atomic E-state index is 4.28. The Labute approximate surface area is 137 Å². The van der Waals surface area contributed by atoms with Gasteiger partial charge in [0.25, 0.3) is 0 Å². The molecule has 0 unspecified atom stereocenters. The van der Waals surface area contributed by atoms with Gasteiger partial charge in [0.2, 0.25) is 0 Å². The van der Waals surface area contributed by atoms with Gasteiger partial charge in [0, 0.05) is 18.3 Å². The number of pyridine rings is 2. The van der Waals surface area contributed by atoms with Crippen molar-refractivity contribution in [2.45, 2.75) is 0 Å². The third-order valence-electron chi connectivity index (χ3n) is 3.54. The minimum atomic E-state index is 0.966. The first-order valence-corrected chi connectivity index (χ1v) is 7.62. The highest BCUT2D eigenvalue weighted by Crippen LogP contribution is 2.11. The van der Waals surface area contributed by atoms with Crippen molar-refractivity contribution in [3.8, 4) is 0 Å². The summed E-state index contributed by atoms with van der Waals surface area (Å²) < 4.78 is 2.03. The highest BCUT2D eigenvalue weighted by atomic mass is 14.9. The monoisotopic (exact) mass is 299 g/mol. The molecule has 2 heteroatoms. The summed E-state index contributed by atoms with van der Waals surface area (Å²) in [6.07, 6.45) is 14.2. The summed E-state index contributed by atoms with van der Waals surface area (Å²) in [6, 6.07) is 18.6. The number of hydrogen-bond donors (Lipinski definition) is 0. The Hall–Kier alpha value is -3.00. The molecule has 0 fully saturated rings. The van der Waals surface area contributed by atoms with Crippen LogP contribution in [0.1, 0.15) is 22.4 Å². The second kappa shape index (κ2) is 7.32. The van der Waals surface area contributed by atoms with Gasteiger partial charge in [-0.25, -0.2) is 4.57 Å². The summed E-state index contributed by atoms with van der Waals surface area (Å²) in [6.45, 7) is 0. The van der Waals surface area contributed by atoms with Crippen LogP contribution < -0.4 is 4.57 Å². The molecule has 0 aliphatic carbocycles. The summed E-state index contributed by atoms with van der Waals surface area (Å²) in [4.78, 5) is 4.28. The molecule has 0 spiro atoms. The van der Waals surface area contributed by atoms with E-state index in [0.717, 1.165) is 5.69 Å². The van der Waals surface area contributed by atoms with Crippen LogP contribution in [0.5, 0.6) is 0 Å². The van der Waals surface area contributed by atoms with E-state index in [1.807, 2.05) is 48.3 Å². The van der Waals surface area contributed by atoms with E-state index in [1.54, 1.807) is 6.20 Å². The van der Waals surface area contributed by atoms with Crippen molar-refractivity contribution in [1.82, 2.24) is 4.98 Å². The highest BCUT2D eigenvalue weighted by Gasteiger charge is 1.93. The summed E-state index contributed by atoms with van der Waals surface area (Å²) in [5, 5.41) is 0. The van der Waals surface area contributed by atoms with Gasteiger partial charge in [-0.05, 0) is 34.9 Å². The molecule has 2 nitrogen and oxygen atoms in total. The van der Waals surface area contributed by atoms with Gasteiger partial charge in [-0.2, -0.15) is 0 Å². The zero-order valence-electron chi connectivity index (χ0n) is 13.1. The SMILES string of the molecule is C[n+]1ccc(/C=C/c2ccc(/C=C/c3ccccn3)cc2)cc1. The van der Waals surface area contributed by atoms with Gasteiger partial charge in [-0.3, -0.25) is 4.98 Å². The second-order valence-electron chi connectivity index (χ2n) is 5.38. The molecule has 3 aromatic rings. The summed E-state index contributed by atoms with van der Waals surface area (Å²) in [5.74, 6) is 0. The molecular weight excluding hydrogens is 280 g/mol. The number of hydrogen-bond acceptors (Lipinski definition) is 1. The van der Waals surface area contributed by atoms with E-state index in [9.17, 15) is 0 Å². The first-order chi connectivity index (χ1) is 11.3. The van der Waals surface area contributed by atoms with E-state index >= 15 is 0 Å². The molecule has 0 saturated carbocycles. The topological polar surface area (TPSA) is 16.8 Å². The lowest BCUT2D eigenvalue weighted by Gasteiger charge is -1.97. The first kappa shape index (κ1) is 14.9. The van der Waals surface area contributed by atoms with Crippen LogP contribution in [0.3, 0.4) is 0 Å². The van der Waals surface area contributed by atoms with Crippen molar-refractivity contribution in [2.75, 3.05) is 0 Å². The predicted molar refractivity (Wildman–Crippen MR) is 96.2 cm³/mol. The Morgan fingerprint density at radius 2 is 1.26 bits per heavy atom. The Morgan fingerprint density at radius 1 is 0.696 bits per heavy atom. The average molecular weight is 299 g/mol. The molecule has 2 heterocycles. The molecule has 0 aliphatic heterocycles. The van der Waals surface area contributed by atoms with Crippen LogP contribution in [0, 0.1) is 0 Å². The van der Waals surface area contributed by atoms with Crippen LogP contribution in [0.2, 0.25) is 0 Å².